The van der Waals surface area contributed by atoms with Gasteiger partial charge in [0.15, 0.2) is 0 Å². The average Bonchev–Trinajstić information content (AvgIpc) is 3.06. The molecule has 218 valence electrons. The van der Waals surface area contributed by atoms with E-state index in [9.17, 15) is 0 Å². The molecule has 43 heavy (non-hydrogen) atoms. The number of nitrogens with zero attached hydrogens (tertiary/aromatic N) is 1. The third-order valence-corrected chi connectivity index (χ3v) is 7.11. The lowest BCUT2D eigenvalue weighted by Crippen LogP contribution is -2.22. The molecule has 0 saturated carbocycles. The molecule has 0 aliphatic carbocycles. The summed E-state index contributed by atoms with van der Waals surface area (Å²) in [6.07, 6.45) is 26.3. The SMILES string of the molecule is C=Cc1ccc(C(=C)\C=C/C(=C\C)/C=C/C(C)=C/C=C(\CC)N(C/C=C\C=C/C)c2cccc(-c3ccccc3)c2)cc1. The van der Waals surface area contributed by atoms with Gasteiger partial charge in [-0.1, -0.05) is 159 Å². The van der Waals surface area contributed by atoms with Crippen LogP contribution in [0.5, 0.6) is 0 Å². The largest absolute Gasteiger partial charge is 0.341 e. The van der Waals surface area contributed by atoms with E-state index in [0.29, 0.717) is 0 Å². The zero-order chi connectivity index (χ0) is 30.9. The number of benzene rings is 3. The number of allylic oxidation sites excluding steroid dienone is 14. The molecule has 0 N–H and O–H groups in total. The Labute approximate surface area is 260 Å². The van der Waals surface area contributed by atoms with Gasteiger partial charge >= 0.3 is 0 Å². The van der Waals surface area contributed by atoms with Crippen LogP contribution in [0.15, 0.2) is 176 Å². The molecule has 0 aliphatic heterocycles. The van der Waals surface area contributed by atoms with E-state index in [1.807, 2.05) is 13.0 Å². The van der Waals surface area contributed by atoms with Crippen molar-refractivity contribution in [3.05, 3.63) is 187 Å². The third kappa shape index (κ3) is 10.5. The van der Waals surface area contributed by atoms with Crippen molar-refractivity contribution in [2.45, 2.75) is 34.1 Å². The maximum atomic E-state index is 4.24. The highest BCUT2D eigenvalue weighted by Crippen LogP contribution is 2.28. The van der Waals surface area contributed by atoms with Crippen LogP contribution in [0.2, 0.25) is 0 Å². The molecular formula is C42H45N. The summed E-state index contributed by atoms with van der Waals surface area (Å²) in [5.74, 6) is 0. The minimum Gasteiger partial charge on any atom is -0.341 e. The molecule has 3 aromatic carbocycles. The van der Waals surface area contributed by atoms with Gasteiger partial charge in [0.05, 0.1) is 0 Å². The van der Waals surface area contributed by atoms with E-state index in [1.54, 1.807) is 0 Å². The van der Waals surface area contributed by atoms with Gasteiger partial charge in [-0.25, -0.2) is 0 Å². The van der Waals surface area contributed by atoms with Gasteiger partial charge in [-0.05, 0) is 78.8 Å². The van der Waals surface area contributed by atoms with Crippen molar-refractivity contribution in [1.29, 1.82) is 0 Å². The second-order valence-electron chi connectivity index (χ2n) is 10.2. The highest BCUT2D eigenvalue weighted by molar-refractivity contribution is 5.73. The number of anilines is 1. The first kappa shape index (κ1) is 32.6. The zero-order valence-corrected chi connectivity index (χ0v) is 26.2. The average molecular weight is 564 g/mol. The maximum absolute atomic E-state index is 4.24. The first-order chi connectivity index (χ1) is 21.0. The number of rotatable bonds is 14. The first-order valence-electron chi connectivity index (χ1n) is 15.0. The van der Waals surface area contributed by atoms with Crippen molar-refractivity contribution >= 4 is 17.3 Å². The molecule has 3 aromatic rings. The molecule has 0 bridgehead atoms. The van der Waals surface area contributed by atoms with Gasteiger partial charge < -0.3 is 4.90 Å². The summed E-state index contributed by atoms with van der Waals surface area (Å²) in [4.78, 5) is 2.40. The van der Waals surface area contributed by atoms with E-state index in [-0.39, 0.29) is 0 Å². The van der Waals surface area contributed by atoms with Gasteiger partial charge in [-0.3, -0.25) is 0 Å². The molecule has 0 aromatic heterocycles. The highest BCUT2D eigenvalue weighted by atomic mass is 15.1. The van der Waals surface area contributed by atoms with Crippen molar-refractivity contribution in [2.24, 2.45) is 0 Å². The summed E-state index contributed by atoms with van der Waals surface area (Å²) in [7, 11) is 0. The zero-order valence-electron chi connectivity index (χ0n) is 26.2. The predicted octanol–water partition coefficient (Wildman–Crippen LogP) is 11.9. The fourth-order valence-corrected chi connectivity index (χ4v) is 4.51. The maximum Gasteiger partial charge on any atom is 0.0417 e. The van der Waals surface area contributed by atoms with Crippen LogP contribution in [0.4, 0.5) is 5.69 Å². The number of hydrogen-bond acceptors (Lipinski definition) is 1. The summed E-state index contributed by atoms with van der Waals surface area (Å²) in [6.45, 7) is 17.3. The summed E-state index contributed by atoms with van der Waals surface area (Å²) in [5, 5.41) is 0. The van der Waals surface area contributed by atoms with E-state index in [0.717, 1.165) is 35.2 Å². The Kier molecular flexibility index (Phi) is 13.5. The van der Waals surface area contributed by atoms with E-state index in [2.05, 4.69) is 185 Å². The molecule has 0 aliphatic rings. The van der Waals surface area contributed by atoms with E-state index in [1.165, 1.54) is 28.1 Å². The van der Waals surface area contributed by atoms with Crippen LogP contribution in [0.25, 0.3) is 22.8 Å². The van der Waals surface area contributed by atoms with Crippen LogP contribution in [-0.4, -0.2) is 6.54 Å². The van der Waals surface area contributed by atoms with Crippen LogP contribution < -0.4 is 4.90 Å². The second kappa shape index (κ2) is 17.8. The van der Waals surface area contributed by atoms with Gasteiger partial charge in [0.25, 0.3) is 0 Å². The summed E-state index contributed by atoms with van der Waals surface area (Å²) < 4.78 is 0. The van der Waals surface area contributed by atoms with Crippen LogP contribution in [0.1, 0.15) is 45.2 Å². The van der Waals surface area contributed by atoms with Gasteiger partial charge in [0, 0.05) is 17.9 Å². The highest BCUT2D eigenvalue weighted by Gasteiger charge is 2.10. The van der Waals surface area contributed by atoms with Gasteiger partial charge in [-0.2, -0.15) is 0 Å². The van der Waals surface area contributed by atoms with E-state index >= 15 is 0 Å². The normalized spacial score (nSPS) is 13.1. The Morgan fingerprint density at radius 1 is 0.791 bits per heavy atom. The fourth-order valence-electron chi connectivity index (χ4n) is 4.51. The minimum atomic E-state index is 0.790. The van der Waals surface area contributed by atoms with Crippen LogP contribution in [0, 0.1) is 0 Å². The Morgan fingerprint density at radius 3 is 2.19 bits per heavy atom. The first-order valence-corrected chi connectivity index (χ1v) is 15.0. The molecule has 0 spiro atoms. The molecule has 0 fully saturated rings. The summed E-state index contributed by atoms with van der Waals surface area (Å²) >= 11 is 0. The second-order valence-corrected chi connectivity index (χ2v) is 10.2. The Hall–Kier alpha value is -4.88. The monoisotopic (exact) mass is 563 g/mol. The molecule has 0 saturated heterocycles. The van der Waals surface area contributed by atoms with Crippen molar-refractivity contribution in [3.8, 4) is 11.1 Å². The molecule has 3 rings (SSSR count). The molecule has 0 unspecified atom stereocenters. The lowest BCUT2D eigenvalue weighted by atomic mass is 10.0. The van der Waals surface area contributed by atoms with Crippen LogP contribution in [0.3, 0.4) is 0 Å². The Morgan fingerprint density at radius 2 is 1.51 bits per heavy atom. The topological polar surface area (TPSA) is 3.24 Å². The van der Waals surface area contributed by atoms with Crippen LogP contribution in [-0.2, 0) is 0 Å². The summed E-state index contributed by atoms with van der Waals surface area (Å²) in [5.41, 5.74) is 10.4. The number of hydrogen-bond donors (Lipinski definition) is 0. The van der Waals surface area contributed by atoms with Gasteiger partial charge in [0.1, 0.15) is 0 Å². The third-order valence-electron chi connectivity index (χ3n) is 7.11. The molecule has 0 atom stereocenters. The lowest BCUT2D eigenvalue weighted by Gasteiger charge is -2.26. The molecule has 0 radical (unpaired) electrons. The molecule has 0 heterocycles. The fraction of sp³-hybridized carbons (Fsp3) is 0.143. The van der Waals surface area contributed by atoms with Crippen molar-refractivity contribution in [1.82, 2.24) is 0 Å². The summed E-state index contributed by atoms with van der Waals surface area (Å²) in [6, 6.07) is 27.6. The Balaban J connectivity index is 1.81. The van der Waals surface area contributed by atoms with Gasteiger partial charge in [0.2, 0.25) is 0 Å². The lowest BCUT2D eigenvalue weighted by molar-refractivity contribution is 0.929. The van der Waals surface area contributed by atoms with Crippen LogP contribution >= 0.6 is 0 Å². The predicted molar refractivity (Wildman–Crippen MR) is 193 cm³/mol. The van der Waals surface area contributed by atoms with E-state index < -0.39 is 0 Å². The molecule has 1 nitrogen and oxygen atoms in total. The Bertz CT molecular complexity index is 1550. The standard InChI is InChI=1S/C42H45N/c1-7-11-12-16-32-43(42-21-17-20-40(33-42)39-18-14-13-15-19-39)41(10-4)31-23-34(5)22-25-36(8-2)26-24-35(6)38-29-27-37(9-3)28-30-38/h7-9,11-31,33H,3,6,10,32H2,1-2,4-5H3/b11-7-,16-12-,25-22+,26-24-,34-23+,36-8-,41-31+. The van der Waals surface area contributed by atoms with Crippen molar-refractivity contribution in [3.63, 3.8) is 0 Å². The van der Waals surface area contributed by atoms with Crippen molar-refractivity contribution < 1.29 is 0 Å². The van der Waals surface area contributed by atoms with E-state index in [4.69, 9.17) is 0 Å². The molecule has 0 amide bonds. The minimum absolute atomic E-state index is 0.790. The molecule has 1 heteroatoms. The molecular weight excluding hydrogens is 518 g/mol. The van der Waals surface area contributed by atoms with Crippen molar-refractivity contribution in [2.75, 3.05) is 11.4 Å². The quantitative estimate of drug-likeness (QED) is 0.176. The van der Waals surface area contributed by atoms with Gasteiger partial charge in [-0.15, -0.1) is 0 Å². The smallest absolute Gasteiger partial charge is 0.0417 e.